The summed E-state index contributed by atoms with van der Waals surface area (Å²) >= 11 is 11.9. The van der Waals surface area contributed by atoms with Crippen molar-refractivity contribution in [1.29, 1.82) is 0 Å². The first-order valence-electron chi connectivity index (χ1n) is 10.1. The van der Waals surface area contributed by atoms with Gasteiger partial charge in [0.15, 0.2) is 0 Å². The van der Waals surface area contributed by atoms with E-state index in [4.69, 9.17) is 28.2 Å². The van der Waals surface area contributed by atoms with Crippen LogP contribution in [0.1, 0.15) is 31.2 Å². The quantitative estimate of drug-likeness (QED) is 0.438. The van der Waals surface area contributed by atoms with Gasteiger partial charge in [0, 0.05) is 23.2 Å². The molecule has 3 N–H and O–H groups in total. The molecule has 2 amide bonds. The molecule has 0 radical (unpaired) electrons. The minimum Gasteiger partial charge on any atom is -0.367 e. The maximum absolute atomic E-state index is 12.3. The highest BCUT2D eigenvalue weighted by molar-refractivity contribution is 6.42. The molecule has 0 atom stereocenters. The Bertz CT molecular complexity index is 1060. The molecule has 1 fully saturated rings. The number of carbonyl (C=O) groups excluding carboxylic acids is 1. The van der Waals surface area contributed by atoms with Gasteiger partial charge in [-0.25, -0.2) is 9.78 Å². The molecule has 0 bridgehead atoms. The number of nitrogens with one attached hydrogen (secondary N) is 3. The summed E-state index contributed by atoms with van der Waals surface area (Å²) in [5.41, 5.74) is 2.85. The van der Waals surface area contributed by atoms with E-state index in [0.717, 1.165) is 37.0 Å². The number of aryl methyl sites for hydroxylation is 1. The molecule has 0 unspecified atom stereocenters. The van der Waals surface area contributed by atoms with E-state index in [1.807, 2.05) is 18.2 Å². The van der Waals surface area contributed by atoms with Crippen LogP contribution in [0.25, 0.3) is 10.9 Å². The monoisotopic (exact) mass is 442 g/mol. The largest absolute Gasteiger partial charge is 0.367 e. The number of hydrogen-bond acceptors (Lipinski definition) is 3. The lowest BCUT2D eigenvalue weighted by Gasteiger charge is -2.30. The number of fused-ring (bicyclic) bond motifs is 1. The second-order valence-corrected chi connectivity index (χ2v) is 8.58. The molecule has 30 heavy (non-hydrogen) atoms. The van der Waals surface area contributed by atoms with Crippen LogP contribution in [0.5, 0.6) is 0 Å². The number of urea groups is 1. The summed E-state index contributed by atoms with van der Waals surface area (Å²) in [6.07, 6.45) is 3.79. The number of nitrogens with zero attached hydrogens (tertiary/aromatic N) is 1. The SMILES string of the molecule is Cc1cc(NC2CCC(NC(=O)Nc3ccc(Cl)c(Cl)c3)CC2)nc2ccccc12. The van der Waals surface area contributed by atoms with Crippen LogP contribution in [0, 0.1) is 6.92 Å². The zero-order chi connectivity index (χ0) is 21.1. The summed E-state index contributed by atoms with van der Waals surface area (Å²) in [6.45, 7) is 2.11. The number of rotatable bonds is 4. The number of halogens is 2. The van der Waals surface area contributed by atoms with Crippen molar-refractivity contribution in [1.82, 2.24) is 10.3 Å². The second-order valence-electron chi connectivity index (χ2n) is 7.76. The highest BCUT2D eigenvalue weighted by Crippen LogP contribution is 2.26. The topological polar surface area (TPSA) is 66.0 Å². The molecule has 3 aromatic rings. The number of carbonyl (C=O) groups is 1. The Balaban J connectivity index is 1.28. The highest BCUT2D eigenvalue weighted by Gasteiger charge is 2.23. The molecular weight excluding hydrogens is 419 g/mol. The van der Waals surface area contributed by atoms with Crippen LogP contribution in [-0.4, -0.2) is 23.1 Å². The lowest BCUT2D eigenvalue weighted by molar-refractivity contribution is 0.243. The molecular formula is C23H24Cl2N4O. The molecule has 0 aliphatic heterocycles. The summed E-state index contributed by atoms with van der Waals surface area (Å²) in [6, 6.07) is 15.6. The molecule has 2 aromatic carbocycles. The van der Waals surface area contributed by atoms with Gasteiger partial charge in [-0.1, -0.05) is 41.4 Å². The van der Waals surface area contributed by atoms with Gasteiger partial charge in [0.1, 0.15) is 5.82 Å². The predicted molar refractivity (Wildman–Crippen MR) is 125 cm³/mol. The number of anilines is 2. The first-order valence-corrected chi connectivity index (χ1v) is 10.9. The standard InChI is InChI=1S/C23H24Cl2N4O/c1-14-12-22(29-21-5-3-2-4-18(14)21)26-15-6-8-16(9-7-15)27-23(30)28-17-10-11-19(24)20(25)13-17/h2-5,10-13,15-16H,6-9H2,1H3,(H,26,29)(H2,27,28,30). The summed E-state index contributed by atoms with van der Waals surface area (Å²) in [5, 5.41) is 11.5. The van der Waals surface area contributed by atoms with Gasteiger partial charge in [-0.2, -0.15) is 0 Å². The van der Waals surface area contributed by atoms with E-state index in [1.54, 1.807) is 18.2 Å². The highest BCUT2D eigenvalue weighted by atomic mass is 35.5. The van der Waals surface area contributed by atoms with Crippen molar-refractivity contribution in [3.63, 3.8) is 0 Å². The summed E-state index contributed by atoms with van der Waals surface area (Å²) in [4.78, 5) is 17.0. The zero-order valence-corrected chi connectivity index (χ0v) is 18.2. The van der Waals surface area contributed by atoms with Crippen molar-refractivity contribution in [3.05, 3.63) is 64.1 Å². The van der Waals surface area contributed by atoms with E-state index in [1.165, 1.54) is 10.9 Å². The Labute approximate surface area is 186 Å². The van der Waals surface area contributed by atoms with E-state index in [-0.39, 0.29) is 12.1 Å². The number of amides is 2. The number of para-hydroxylation sites is 1. The van der Waals surface area contributed by atoms with E-state index in [0.29, 0.717) is 21.8 Å². The van der Waals surface area contributed by atoms with Gasteiger partial charge in [-0.15, -0.1) is 0 Å². The molecule has 0 spiro atoms. The fourth-order valence-corrected chi connectivity index (χ4v) is 4.24. The number of aromatic nitrogens is 1. The van der Waals surface area contributed by atoms with Gasteiger partial charge in [0.25, 0.3) is 0 Å². The Morgan fingerprint density at radius 1 is 0.967 bits per heavy atom. The molecule has 7 heteroatoms. The van der Waals surface area contributed by atoms with Crippen molar-refractivity contribution < 1.29 is 4.79 Å². The van der Waals surface area contributed by atoms with E-state index >= 15 is 0 Å². The van der Waals surface area contributed by atoms with Gasteiger partial charge < -0.3 is 16.0 Å². The molecule has 4 rings (SSSR count). The molecule has 1 heterocycles. The summed E-state index contributed by atoms with van der Waals surface area (Å²) in [7, 11) is 0. The van der Waals surface area contributed by atoms with Gasteiger partial charge in [-0.05, 0) is 68.5 Å². The molecule has 5 nitrogen and oxygen atoms in total. The van der Waals surface area contributed by atoms with Gasteiger partial charge >= 0.3 is 6.03 Å². The molecule has 1 saturated carbocycles. The van der Waals surface area contributed by atoms with Crippen LogP contribution in [0.3, 0.4) is 0 Å². The van der Waals surface area contributed by atoms with Crippen molar-refractivity contribution >= 4 is 51.6 Å². The minimum absolute atomic E-state index is 0.150. The van der Waals surface area contributed by atoms with Gasteiger partial charge in [0.2, 0.25) is 0 Å². The molecule has 1 aromatic heterocycles. The van der Waals surface area contributed by atoms with Crippen molar-refractivity contribution in [2.75, 3.05) is 10.6 Å². The summed E-state index contributed by atoms with van der Waals surface area (Å²) < 4.78 is 0. The Kier molecular flexibility index (Phi) is 6.30. The predicted octanol–water partition coefficient (Wildman–Crippen LogP) is 6.39. The second kappa shape index (κ2) is 9.11. The average Bonchev–Trinajstić information content (AvgIpc) is 2.72. The molecule has 1 aliphatic carbocycles. The fourth-order valence-electron chi connectivity index (χ4n) is 3.94. The van der Waals surface area contributed by atoms with Crippen molar-refractivity contribution in [2.45, 2.75) is 44.7 Å². The third-order valence-corrected chi connectivity index (χ3v) is 6.25. The first kappa shape index (κ1) is 20.8. The first-order chi connectivity index (χ1) is 14.5. The Morgan fingerprint density at radius 3 is 2.47 bits per heavy atom. The number of hydrogen-bond donors (Lipinski definition) is 3. The van der Waals surface area contributed by atoms with Gasteiger partial charge in [0.05, 0.1) is 15.6 Å². The Morgan fingerprint density at radius 2 is 1.70 bits per heavy atom. The van der Waals surface area contributed by atoms with Crippen LogP contribution in [-0.2, 0) is 0 Å². The van der Waals surface area contributed by atoms with Crippen molar-refractivity contribution in [2.24, 2.45) is 0 Å². The fraction of sp³-hybridized carbons (Fsp3) is 0.304. The minimum atomic E-state index is -0.225. The smallest absolute Gasteiger partial charge is 0.319 e. The summed E-state index contributed by atoms with van der Waals surface area (Å²) in [5.74, 6) is 0.917. The zero-order valence-electron chi connectivity index (χ0n) is 16.7. The molecule has 156 valence electrons. The maximum Gasteiger partial charge on any atom is 0.319 e. The van der Waals surface area contributed by atoms with E-state index in [9.17, 15) is 4.79 Å². The van der Waals surface area contributed by atoms with Crippen LogP contribution < -0.4 is 16.0 Å². The molecule has 1 aliphatic rings. The van der Waals surface area contributed by atoms with E-state index < -0.39 is 0 Å². The Hall–Kier alpha value is -2.50. The van der Waals surface area contributed by atoms with Crippen molar-refractivity contribution in [3.8, 4) is 0 Å². The van der Waals surface area contributed by atoms with E-state index in [2.05, 4.69) is 35.0 Å². The lowest BCUT2D eigenvalue weighted by atomic mass is 9.91. The lowest BCUT2D eigenvalue weighted by Crippen LogP contribution is -2.42. The van der Waals surface area contributed by atoms with Crippen LogP contribution in [0.4, 0.5) is 16.3 Å². The third kappa shape index (κ3) is 4.97. The normalized spacial score (nSPS) is 18.8. The maximum atomic E-state index is 12.3. The number of benzene rings is 2. The van der Waals surface area contributed by atoms with Crippen LogP contribution in [0.2, 0.25) is 10.0 Å². The van der Waals surface area contributed by atoms with Gasteiger partial charge in [-0.3, -0.25) is 0 Å². The average molecular weight is 443 g/mol. The van der Waals surface area contributed by atoms with Crippen LogP contribution in [0.15, 0.2) is 48.5 Å². The number of pyridine rings is 1. The third-order valence-electron chi connectivity index (χ3n) is 5.51. The van der Waals surface area contributed by atoms with Crippen LogP contribution >= 0.6 is 23.2 Å². The molecule has 0 saturated heterocycles.